The molecule has 0 aliphatic rings. The van der Waals surface area contributed by atoms with E-state index in [-0.39, 0.29) is 51.0 Å². The van der Waals surface area contributed by atoms with Crippen molar-refractivity contribution in [2.45, 2.75) is 13.8 Å². The van der Waals surface area contributed by atoms with Crippen molar-refractivity contribution in [2.24, 2.45) is 0 Å². The average Bonchev–Trinajstić information content (AvgIpc) is 1.39. The summed E-state index contributed by atoms with van der Waals surface area (Å²) in [7, 11) is 0. The average molecular weight is 132 g/mol. The molecule has 0 bridgehead atoms. The first-order valence-corrected chi connectivity index (χ1v) is 2.05. The number of hydrogen-bond acceptors (Lipinski definition) is 2. The Morgan fingerprint density at radius 2 is 1.00 bits per heavy atom. The van der Waals surface area contributed by atoms with E-state index in [2.05, 4.69) is 0 Å². The van der Waals surface area contributed by atoms with E-state index in [0.29, 0.717) is 0 Å². The first-order chi connectivity index (χ1) is 2.83. The zero-order valence-electron chi connectivity index (χ0n) is 5.02. The van der Waals surface area contributed by atoms with Crippen molar-refractivity contribution in [2.75, 3.05) is 13.2 Å². The molecule has 2 nitrogen and oxygen atoms in total. The molecule has 0 amide bonds. The summed E-state index contributed by atoms with van der Waals surface area (Å²) in [4.78, 5) is 0. The monoisotopic (exact) mass is 132 g/mol. The van der Waals surface area contributed by atoms with Crippen LogP contribution in [-0.2, 0) is 0 Å². The summed E-state index contributed by atoms with van der Waals surface area (Å²) in [6.45, 7) is 3.86. The minimum atomic E-state index is 0. The van der Waals surface area contributed by atoms with Gasteiger partial charge in [0.25, 0.3) is 0 Å². The standard InChI is InChI=1S/2C2H6O.Ca/c2*1-2-3;/h2*3H,2H2,1H3;. The molecule has 0 aliphatic heterocycles. The molecule has 0 aliphatic carbocycles. The Balaban J connectivity index is -0.0000000400. The van der Waals surface area contributed by atoms with Crippen LogP contribution in [0.5, 0.6) is 0 Å². The molecule has 0 rings (SSSR count). The van der Waals surface area contributed by atoms with Gasteiger partial charge in [0.15, 0.2) is 0 Å². The van der Waals surface area contributed by atoms with Gasteiger partial charge in [-0.25, -0.2) is 0 Å². The summed E-state index contributed by atoms with van der Waals surface area (Å²) in [6, 6.07) is 0. The second-order valence-electron chi connectivity index (χ2n) is 0.632. The van der Waals surface area contributed by atoms with Gasteiger partial charge in [-0.3, -0.25) is 0 Å². The molecule has 2 N–H and O–H groups in total. The molecule has 0 aromatic rings. The van der Waals surface area contributed by atoms with E-state index in [9.17, 15) is 0 Å². The van der Waals surface area contributed by atoms with Crippen molar-refractivity contribution >= 4 is 37.7 Å². The zero-order valence-corrected chi connectivity index (χ0v) is 7.22. The second kappa shape index (κ2) is 27.1. The van der Waals surface area contributed by atoms with Crippen LogP contribution in [0.1, 0.15) is 13.8 Å². The van der Waals surface area contributed by atoms with Crippen LogP contribution in [0.2, 0.25) is 0 Å². The second-order valence-corrected chi connectivity index (χ2v) is 0.632. The minimum Gasteiger partial charge on any atom is -0.397 e. The molecular weight excluding hydrogens is 120 g/mol. The van der Waals surface area contributed by atoms with Crippen LogP contribution in [0.25, 0.3) is 0 Å². The fourth-order valence-electron chi connectivity index (χ4n) is 0. The van der Waals surface area contributed by atoms with Gasteiger partial charge in [-0.1, -0.05) is 0 Å². The van der Waals surface area contributed by atoms with Crippen LogP contribution in [0, 0.1) is 0 Å². The topological polar surface area (TPSA) is 40.5 Å². The van der Waals surface area contributed by atoms with Gasteiger partial charge in [-0.05, 0) is 13.8 Å². The van der Waals surface area contributed by atoms with Crippen molar-refractivity contribution in [1.29, 1.82) is 0 Å². The first-order valence-electron chi connectivity index (χ1n) is 2.05. The number of hydrogen-bond donors (Lipinski definition) is 2. The Bertz CT molecular complexity index is 11.7. The maximum atomic E-state index is 7.57. The summed E-state index contributed by atoms with van der Waals surface area (Å²) >= 11 is 0. The van der Waals surface area contributed by atoms with Crippen LogP contribution in [0.4, 0.5) is 0 Å². The fraction of sp³-hybridized carbons (Fsp3) is 1.00. The SMILES string of the molecule is CCO.CCO.[Ca]. The van der Waals surface area contributed by atoms with Gasteiger partial charge in [-0.2, -0.15) is 0 Å². The van der Waals surface area contributed by atoms with Crippen LogP contribution < -0.4 is 0 Å². The normalized spacial score (nSPS) is 5.14. The molecule has 7 heavy (non-hydrogen) atoms. The number of rotatable bonds is 0. The number of aliphatic hydroxyl groups is 2. The molecule has 0 unspecified atom stereocenters. The fourth-order valence-corrected chi connectivity index (χ4v) is 0. The van der Waals surface area contributed by atoms with Gasteiger partial charge in [0.1, 0.15) is 0 Å². The third-order valence-corrected chi connectivity index (χ3v) is 0. The Morgan fingerprint density at radius 1 is 1.00 bits per heavy atom. The molecule has 0 aromatic carbocycles. The molecule has 42 valence electrons. The van der Waals surface area contributed by atoms with Gasteiger partial charge >= 0.3 is 0 Å². The van der Waals surface area contributed by atoms with Crippen molar-refractivity contribution in [3.8, 4) is 0 Å². The zero-order chi connectivity index (χ0) is 5.41. The van der Waals surface area contributed by atoms with Gasteiger partial charge < -0.3 is 10.2 Å². The van der Waals surface area contributed by atoms with Gasteiger partial charge in [0.2, 0.25) is 0 Å². The number of aliphatic hydroxyl groups excluding tert-OH is 2. The van der Waals surface area contributed by atoms with Crippen LogP contribution in [0.15, 0.2) is 0 Å². The van der Waals surface area contributed by atoms with E-state index in [1.165, 1.54) is 0 Å². The Hall–Kier alpha value is 1.18. The summed E-state index contributed by atoms with van der Waals surface area (Å²) in [6.07, 6.45) is 0. The summed E-state index contributed by atoms with van der Waals surface area (Å²) in [5.74, 6) is 0. The molecule has 0 atom stereocenters. The largest absolute Gasteiger partial charge is 0.397 e. The maximum absolute atomic E-state index is 7.57. The van der Waals surface area contributed by atoms with Crippen LogP contribution in [0.3, 0.4) is 0 Å². The molecule has 0 saturated carbocycles. The van der Waals surface area contributed by atoms with E-state index in [1.54, 1.807) is 13.8 Å². The van der Waals surface area contributed by atoms with E-state index in [0.717, 1.165) is 0 Å². The minimum absolute atomic E-state index is 0. The van der Waals surface area contributed by atoms with Crippen LogP contribution >= 0.6 is 0 Å². The third kappa shape index (κ3) is 138. The van der Waals surface area contributed by atoms with E-state index < -0.39 is 0 Å². The molecule has 2 radical (unpaired) electrons. The summed E-state index contributed by atoms with van der Waals surface area (Å²) in [5.41, 5.74) is 0. The molecule has 0 aromatic heterocycles. The van der Waals surface area contributed by atoms with Gasteiger partial charge in [0.05, 0.1) is 0 Å². The smallest absolute Gasteiger partial charge is 0.0402 e. The molecular formula is C4H12CaO2. The van der Waals surface area contributed by atoms with E-state index in [1.807, 2.05) is 0 Å². The van der Waals surface area contributed by atoms with Gasteiger partial charge in [-0.15, -0.1) is 0 Å². The molecule has 3 heteroatoms. The predicted molar refractivity (Wildman–Crippen MR) is 31.3 cm³/mol. The first kappa shape index (κ1) is 15.7. The molecule has 0 saturated heterocycles. The Labute approximate surface area is 74.5 Å². The summed E-state index contributed by atoms with van der Waals surface area (Å²) < 4.78 is 0. The molecule has 0 spiro atoms. The van der Waals surface area contributed by atoms with Gasteiger partial charge in [0, 0.05) is 51.0 Å². The molecule has 0 fully saturated rings. The van der Waals surface area contributed by atoms with Crippen molar-refractivity contribution in [3.05, 3.63) is 0 Å². The molecule has 0 heterocycles. The van der Waals surface area contributed by atoms with Crippen molar-refractivity contribution < 1.29 is 10.2 Å². The maximum Gasteiger partial charge on any atom is 0.0402 e. The Morgan fingerprint density at radius 3 is 1.00 bits per heavy atom. The van der Waals surface area contributed by atoms with E-state index in [4.69, 9.17) is 10.2 Å². The van der Waals surface area contributed by atoms with Crippen molar-refractivity contribution in [1.82, 2.24) is 0 Å². The third-order valence-electron chi connectivity index (χ3n) is 0. The quantitative estimate of drug-likeness (QED) is 0.441. The predicted octanol–water partition coefficient (Wildman–Crippen LogP) is -0.384. The van der Waals surface area contributed by atoms with Crippen molar-refractivity contribution in [3.63, 3.8) is 0 Å². The Kier molecular flexibility index (Phi) is 60.9. The summed E-state index contributed by atoms with van der Waals surface area (Å²) in [5, 5.41) is 15.1. The van der Waals surface area contributed by atoms with Crippen LogP contribution in [-0.4, -0.2) is 61.2 Å². The van der Waals surface area contributed by atoms with E-state index >= 15 is 0 Å².